The Labute approximate surface area is 93.1 Å². The fourth-order valence-corrected chi connectivity index (χ4v) is 1.03. The Morgan fingerprint density at radius 3 is 2.60 bits per heavy atom. The van der Waals surface area contributed by atoms with Crippen molar-refractivity contribution in [2.24, 2.45) is 5.92 Å². The van der Waals surface area contributed by atoms with Gasteiger partial charge in [-0.3, -0.25) is 0 Å². The van der Waals surface area contributed by atoms with Crippen molar-refractivity contribution in [1.82, 2.24) is 15.0 Å². The molecule has 1 aromatic heterocycles. The van der Waals surface area contributed by atoms with Crippen LogP contribution in [0.4, 0.5) is 11.9 Å². The first-order valence-electron chi connectivity index (χ1n) is 4.59. The van der Waals surface area contributed by atoms with Gasteiger partial charge in [0.25, 0.3) is 0 Å². The van der Waals surface area contributed by atoms with Crippen LogP contribution in [0.5, 0.6) is 0 Å². The SMILES string of the molecule is CNc1nc(Cl)nc(NCC(C)CO)n1. The van der Waals surface area contributed by atoms with Crippen LogP contribution in [0.2, 0.25) is 5.28 Å². The quantitative estimate of drug-likeness (QED) is 0.689. The Bertz CT molecular complexity index is 322. The predicted octanol–water partition coefficient (Wildman–Crippen LogP) is 0.607. The van der Waals surface area contributed by atoms with Gasteiger partial charge in [-0.15, -0.1) is 0 Å². The first-order valence-corrected chi connectivity index (χ1v) is 4.97. The van der Waals surface area contributed by atoms with E-state index >= 15 is 0 Å². The zero-order valence-electron chi connectivity index (χ0n) is 8.66. The van der Waals surface area contributed by atoms with Crippen molar-refractivity contribution in [1.29, 1.82) is 0 Å². The van der Waals surface area contributed by atoms with Gasteiger partial charge in [0.1, 0.15) is 0 Å². The van der Waals surface area contributed by atoms with E-state index in [9.17, 15) is 0 Å². The fourth-order valence-electron chi connectivity index (χ4n) is 0.871. The van der Waals surface area contributed by atoms with E-state index in [4.69, 9.17) is 16.7 Å². The van der Waals surface area contributed by atoms with Gasteiger partial charge in [-0.1, -0.05) is 6.92 Å². The van der Waals surface area contributed by atoms with Crippen molar-refractivity contribution in [3.8, 4) is 0 Å². The molecule has 1 aromatic rings. The van der Waals surface area contributed by atoms with Gasteiger partial charge in [0, 0.05) is 20.2 Å². The molecule has 0 aliphatic rings. The molecule has 0 amide bonds. The first kappa shape index (κ1) is 11.9. The number of rotatable bonds is 5. The molecule has 6 nitrogen and oxygen atoms in total. The summed E-state index contributed by atoms with van der Waals surface area (Å²) in [6.45, 7) is 2.61. The second-order valence-corrected chi connectivity index (χ2v) is 3.51. The number of halogens is 1. The number of anilines is 2. The Kier molecular flexibility index (Phi) is 4.51. The maximum Gasteiger partial charge on any atom is 0.228 e. The maximum atomic E-state index is 8.84. The molecule has 0 aliphatic heterocycles. The number of aromatic nitrogens is 3. The Morgan fingerprint density at radius 1 is 1.33 bits per heavy atom. The van der Waals surface area contributed by atoms with Crippen molar-refractivity contribution < 1.29 is 5.11 Å². The zero-order chi connectivity index (χ0) is 11.3. The van der Waals surface area contributed by atoms with Crippen LogP contribution in [0.25, 0.3) is 0 Å². The van der Waals surface area contributed by atoms with E-state index in [0.29, 0.717) is 18.4 Å². The normalized spacial score (nSPS) is 12.3. The summed E-state index contributed by atoms with van der Waals surface area (Å²) in [4.78, 5) is 11.8. The van der Waals surface area contributed by atoms with Gasteiger partial charge < -0.3 is 15.7 Å². The van der Waals surface area contributed by atoms with E-state index in [1.54, 1.807) is 7.05 Å². The molecule has 1 heterocycles. The van der Waals surface area contributed by atoms with E-state index in [1.165, 1.54) is 0 Å². The van der Waals surface area contributed by atoms with Gasteiger partial charge in [0.15, 0.2) is 0 Å². The maximum absolute atomic E-state index is 8.84. The van der Waals surface area contributed by atoms with Crippen LogP contribution in [0.3, 0.4) is 0 Å². The lowest BCUT2D eigenvalue weighted by molar-refractivity contribution is 0.244. The molecule has 0 saturated heterocycles. The minimum absolute atomic E-state index is 0.116. The lowest BCUT2D eigenvalue weighted by Gasteiger charge is -2.09. The molecule has 1 unspecified atom stereocenters. The summed E-state index contributed by atoms with van der Waals surface area (Å²) in [6.07, 6.45) is 0. The Morgan fingerprint density at radius 2 is 2.00 bits per heavy atom. The molecule has 1 rings (SSSR count). The molecule has 7 heteroatoms. The molecule has 0 aliphatic carbocycles. The average Bonchev–Trinajstić information content (AvgIpc) is 2.25. The van der Waals surface area contributed by atoms with E-state index in [1.807, 2.05) is 6.92 Å². The number of nitrogens with zero attached hydrogens (tertiary/aromatic N) is 3. The molecule has 0 fully saturated rings. The molecule has 84 valence electrons. The van der Waals surface area contributed by atoms with E-state index in [2.05, 4.69) is 25.6 Å². The minimum atomic E-state index is 0.116. The lowest BCUT2D eigenvalue weighted by atomic mass is 10.2. The van der Waals surface area contributed by atoms with Gasteiger partial charge >= 0.3 is 0 Å². The lowest BCUT2D eigenvalue weighted by Crippen LogP contribution is -2.16. The predicted molar refractivity (Wildman–Crippen MR) is 59.1 cm³/mol. The summed E-state index contributed by atoms with van der Waals surface area (Å²) < 4.78 is 0. The van der Waals surface area contributed by atoms with Crippen LogP contribution in [0, 0.1) is 5.92 Å². The monoisotopic (exact) mass is 231 g/mol. The molecule has 0 radical (unpaired) electrons. The summed E-state index contributed by atoms with van der Waals surface area (Å²) in [5.41, 5.74) is 0. The summed E-state index contributed by atoms with van der Waals surface area (Å²) in [5, 5.41) is 14.7. The molecular formula is C8H14ClN5O. The van der Waals surface area contributed by atoms with Crippen LogP contribution in [-0.2, 0) is 0 Å². The topological polar surface area (TPSA) is 83.0 Å². The van der Waals surface area contributed by atoms with Crippen LogP contribution in [0.1, 0.15) is 6.92 Å². The highest BCUT2D eigenvalue weighted by atomic mass is 35.5. The Balaban J connectivity index is 2.64. The fraction of sp³-hybridized carbons (Fsp3) is 0.625. The molecule has 0 bridgehead atoms. The van der Waals surface area contributed by atoms with Crippen LogP contribution < -0.4 is 10.6 Å². The van der Waals surface area contributed by atoms with Crippen molar-refractivity contribution in [3.63, 3.8) is 0 Å². The van der Waals surface area contributed by atoms with Gasteiger partial charge in [-0.2, -0.15) is 15.0 Å². The van der Waals surface area contributed by atoms with Crippen molar-refractivity contribution in [2.75, 3.05) is 30.8 Å². The summed E-state index contributed by atoms with van der Waals surface area (Å²) in [5.74, 6) is 0.951. The molecule has 1 atom stereocenters. The summed E-state index contributed by atoms with van der Waals surface area (Å²) in [6, 6.07) is 0. The van der Waals surface area contributed by atoms with E-state index < -0.39 is 0 Å². The second-order valence-electron chi connectivity index (χ2n) is 3.17. The van der Waals surface area contributed by atoms with E-state index in [-0.39, 0.29) is 17.8 Å². The largest absolute Gasteiger partial charge is 0.396 e. The number of aliphatic hydroxyl groups is 1. The van der Waals surface area contributed by atoms with Crippen molar-refractivity contribution >= 4 is 23.5 Å². The summed E-state index contributed by atoms with van der Waals surface area (Å²) >= 11 is 5.69. The highest BCUT2D eigenvalue weighted by Gasteiger charge is 2.05. The third-order valence-electron chi connectivity index (χ3n) is 1.75. The molecular weight excluding hydrogens is 218 g/mol. The van der Waals surface area contributed by atoms with E-state index in [0.717, 1.165) is 0 Å². The number of nitrogens with one attached hydrogen (secondary N) is 2. The van der Waals surface area contributed by atoms with Crippen molar-refractivity contribution in [2.45, 2.75) is 6.92 Å². The number of hydrogen-bond acceptors (Lipinski definition) is 6. The van der Waals surface area contributed by atoms with Crippen LogP contribution in [-0.4, -0.2) is 40.3 Å². The van der Waals surface area contributed by atoms with Gasteiger partial charge in [0.2, 0.25) is 17.2 Å². The standard InChI is InChI=1S/C8H14ClN5O/c1-5(4-15)3-11-8-13-6(9)12-7(10-2)14-8/h5,15H,3-4H2,1-2H3,(H2,10,11,12,13,14). The smallest absolute Gasteiger partial charge is 0.228 e. The highest BCUT2D eigenvalue weighted by Crippen LogP contribution is 2.09. The van der Waals surface area contributed by atoms with Gasteiger partial charge in [-0.05, 0) is 17.5 Å². The molecule has 15 heavy (non-hydrogen) atoms. The third kappa shape index (κ3) is 3.85. The second kappa shape index (κ2) is 5.67. The zero-order valence-corrected chi connectivity index (χ0v) is 9.41. The van der Waals surface area contributed by atoms with Crippen LogP contribution in [0.15, 0.2) is 0 Å². The highest BCUT2D eigenvalue weighted by molar-refractivity contribution is 6.28. The number of hydrogen-bond donors (Lipinski definition) is 3. The number of aliphatic hydroxyl groups excluding tert-OH is 1. The van der Waals surface area contributed by atoms with Gasteiger partial charge in [-0.25, -0.2) is 0 Å². The molecule has 0 saturated carbocycles. The van der Waals surface area contributed by atoms with Gasteiger partial charge in [0.05, 0.1) is 0 Å². The third-order valence-corrected chi connectivity index (χ3v) is 1.92. The minimum Gasteiger partial charge on any atom is -0.396 e. The molecule has 0 spiro atoms. The Hall–Kier alpha value is -1.14. The summed E-state index contributed by atoms with van der Waals surface area (Å²) in [7, 11) is 1.70. The average molecular weight is 232 g/mol. The first-order chi connectivity index (χ1) is 7.15. The molecule has 0 aromatic carbocycles. The van der Waals surface area contributed by atoms with Crippen LogP contribution >= 0.6 is 11.6 Å². The molecule has 3 N–H and O–H groups in total. The van der Waals surface area contributed by atoms with Crippen molar-refractivity contribution in [3.05, 3.63) is 5.28 Å².